The van der Waals surface area contributed by atoms with Gasteiger partial charge < -0.3 is 10.1 Å². The molecule has 0 aliphatic carbocycles. The molecule has 2 aromatic rings. The molecule has 106 valence electrons. The highest BCUT2D eigenvalue weighted by atomic mass is 32.1. The Morgan fingerprint density at radius 3 is 2.85 bits per heavy atom. The minimum absolute atomic E-state index is 0.286. The molecule has 1 N–H and O–H groups in total. The first-order valence-electron chi connectivity index (χ1n) is 6.78. The molecule has 5 heteroatoms. The van der Waals surface area contributed by atoms with Crippen molar-refractivity contribution in [1.29, 1.82) is 0 Å². The van der Waals surface area contributed by atoms with E-state index in [1.165, 1.54) is 13.2 Å². The summed E-state index contributed by atoms with van der Waals surface area (Å²) in [6, 6.07) is 4.90. The fourth-order valence-corrected chi connectivity index (χ4v) is 3.49. The Labute approximate surface area is 121 Å². The quantitative estimate of drug-likeness (QED) is 0.941. The van der Waals surface area contributed by atoms with E-state index in [1.54, 1.807) is 23.5 Å². The molecule has 2 heterocycles. The molecule has 0 amide bonds. The predicted molar refractivity (Wildman–Crippen MR) is 78.9 cm³/mol. The van der Waals surface area contributed by atoms with Crippen LogP contribution in [0.2, 0.25) is 0 Å². The number of rotatable bonds is 3. The summed E-state index contributed by atoms with van der Waals surface area (Å²) in [5, 5.41) is 6.42. The molecule has 1 aliphatic rings. The van der Waals surface area contributed by atoms with Gasteiger partial charge in [-0.25, -0.2) is 9.37 Å². The van der Waals surface area contributed by atoms with Gasteiger partial charge in [-0.15, -0.1) is 11.3 Å². The maximum absolute atomic E-state index is 14.0. The van der Waals surface area contributed by atoms with Gasteiger partial charge in [0.1, 0.15) is 11.6 Å². The van der Waals surface area contributed by atoms with Crippen molar-refractivity contribution in [3.63, 3.8) is 0 Å². The normalized spacial score (nSPS) is 16.3. The van der Waals surface area contributed by atoms with Gasteiger partial charge in [0.15, 0.2) is 0 Å². The Kier molecular flexibility index (Phi) is 3.98. The number of ether oxygens (including phenoxy) is 1. The molecule has 3 nitrogen and oxygen atoms in total. The lowest BCUT2D eigenvalue weighted by Crippen LogP contribution is -2.26. The topological polar surface area (TPSA) is 34.1 Å². The van der Waals surface area contributed by atoms with Crippen LogP contribution in [0.15, 0.2) is 23.6 Å². The number of thiazole rings is 1. The van der Waals surface area contributed by atoms with E-state index in [9.17, 15) is 4.39 Å². The molecular formula is C15H17FN2OS. The van der Waals surface area contributed by atoms with Crippen LogP contribution in [-0.4, -0.2) is 25.2 Å². The fraction of sp³-hybridized carbons (Fsp3) is 0.400. The van der Waals surface area contributed by atoms with Gasteiger partial charge in [0.05, 0.1) is 17.8 Å². The van der Waals surface area contributed by atoms with Gasteiger partial charge in [0, 0.05) is 22.9 Å². The number of aromatic nitrogens is 1. The number of hydrogen-bond donors (Lipinski definition) is 1. The van der Waals surface area contributed by atoms with Gasteiger partial charge in [0.25, 0.3) is 0 Å². The van der Waals surface area contributed by atoms with Crippen LogP contribution in [-0.2, 0) is 0 Å². The Hall–Kier alpha value is -1.46. The zero-order valence-corrected chi connectivity index (χ0v) is 12.2. The number of nitrogens with zero attached hydrogens (tertiary/aromatic N) is 1. The van der Waals surface area contributed by atoms with Crippen molar-refractivity contribution < 1.29 is 9.13 Å². The summed E-state index contributed by atoms with van der Waals surface area (Å²) >= 11 is 1.63. The third-order valence-corrected chi connectivity index (χ3v) is 4.67. The van der Waals surface area contributed by atoms with E-state index in [4.69, 9.17) is 4.74 Å². The highest BCUT2D eigenvalue weighted by molar-refractivity contribution is 7.10. The molecule has 3 rings (SSSR count). The highest BCUT2D eigenvalue weighted by Gasteiger charge is 2.19. The number of hydrogen-bond acceptors (Lipinski definition) is 4. The zero-order chi connectivity index (χ0) is 13.9. The number of piperidine rings is 1. The van der Waals surface area contributed by atoms with Crippen molar-refractivity contribution in [3.05, 3.63) is 34.4 Å². The smallest absolute Gasteiger partial charge is 0.136 e. The van der Waals surface area contributed by atoms with Crippen LogP contribution in [0.3, 0.4) is 0 Å². The number of nitrogens with one attached hydrogen (secondary N) is 1. The summed E-state index contributed by atoms with van der Waals surface area (Å²) in [6.45, 7) is 2.08. The van der Waals surface area contributed by atoms with Crippen LogP contribution in [0.1, 0.15) is 23.8 Å². The van der Waals surface area contributed by atoms with Crippen molar-refractivity contribution in [2.75, 3.05) is 20.2 Å². The Balaban J connectivity index is 1.85. The first kappa shape index (κ1) is 13.5. The minimum atomic E-state index is -0.286. The molecule has 1 aliphatic heterocycles. The second-order valence-electron chi connectivity index (χ2n) is 4.94. The molecular weight excluding hydrogens is 275 g/mol. The second kappa shape index (κ2) is 5.89. The molecule has 1 fully saturated rings. The summed E-state index contributed by atoms with van der Waals surface area (Å²) in [4.78, 5) is 4.63. The van der Waals surface area contributed by atoms with E-state index in [1.807, 2.05) is 5.38 Å². The van der Waals surface area contributed by atoms with E-state index in [-0.39, 0.29) is 5.82 Å². The predicted octanol–water partition coefficient (Wildman–Crippen LogP) is 3.42. The maximum atomic E-state index is 14.0. The molecule has 0 unspecified atom stereocenters. The van der Waals surface area contributed by atoms with E-state index >= 15 is 0 Å². The third kappa shape index (κ3) is 2.69. The lowest BCUT2D eigenvalue weighted by Gasteiger charge is -2.20. The van der Waals surface area contributed by atoms with Crippen molar-refractivity contribution in [3.8, 4) is 17.0 Å². The first-order chi connectivity index (χ1) is 9.78. The number of methoxy groups -OCH3 is 1. The van der Waals surface area contributed by atoms with Crippen LogP contribution in [0.25, 0.3) is 11.3 Å². The summed E-state index contributed by atoms with van der Waals surface area (Å²) < 4.78 is 19.1. The molecule has 20 heavy (non-hydrogen) atoms. The fourth-order valence-electron chi connectivity index (χ4n) is 2.50. The molecule has 0 saturated carbocycles. The van der Waals surface area contributed by atoms with Gasteiger partial charge in [-0.1, -0.05) is 0 Å². The van der Waals surface area contributed by atoms with E-state index in [2.05, 4.69) is 10.3 Å². The lowest BCUT2D eigenvalue weighted by molar-refractivity contribution is 0.411. The van der Waals surface area contributed by atoms with Crippen LogP contribution in [0.4, 0.5) is 4.39 Å². The largest absolute Gasteiger partial charge is 0.497 e. The Bertz CT molecular complexity index is 593. The van der Waals surface area contributed by atoms with Gasteiger partial charge >= 0.3 is 0 Å². The first-order valence-corrected chi connectivity index (χ1v) is 7.66. The molecule has 0 bridgehead atoms. The number of halogens is 1. The molecule has 0 radical (unpaired) electrons. The molecule has 1 saturated heterocycles. The van der Waals surface area contributed by atoms with Crippen molar-refractivity contribution in [2.24, 2.45) is 0 Å². The summed E-state index contributed by atoms with van der Waals surface area (Å²) in [6.07, 6.45) is 2.22. The van der Waals surface area contributed by atoms with Crippen molar-refractivity contribution in [1.82, 2.24) is 10.3 Å². The molecule has 1 aromatic heterocycles. The van der Waals surface area contributed by atoms with E-state index in [0.717, 1.165) is 36.6 Å². The van der Waals surface area contributed by atoms with Crippen LogP contribution in [0.5, 0.6) is 5.75 Å². The molecule has 1 aromatic carbocycles. The minimum Gasteiger partial charge on any atom is -0.497 e. The summed E-state index contributed by atoms with van der Waals surface area (Å²) in [7, 11) is 1.53. The van der Waals surface area contributed by atoms with Gasteiger partial charge in [0.2, 0.25) is 0 Å². The second-order valence-corrected chi connectivity index (χ2v) is 5.83. The lowest BCUT2D eigenvalue weighted by atomic mass is 9.99. The monoisotopic (exact) mass is 292 g/mol. The maximum Gasteiger partial charge on any atom is 0.136 e. The number of benzene rings is 1. The van der Waals surface area contributed by atoms with Crippen LogP contribution < -0.4 is 10.1 Å². The average Bonchev–Trinajstić information content (AvgIpc) is 2.97. The van der Waals surface area contributed by atoms with E-state index < -0.39 is 0 Å². The van der Waals surface area contributed by atoms with Crippen molar-refractivity contribution in [2.45, 2.75) is 18.8 Å². The molecule has 0 atom stereocenters. The van der Waals surface area contributed by atoms with Gasteiger partial charge in [-0.3, -0.25) is 0 Å². The van der Waals surface area contributed by atoms with Crippen LogP contribution in [0, 0.1) is 5.82 Å². The van der Waals surface area contributed by atoms with E-state index in [0.29, 0.717) is 17.2 Å². The average molecular weight is 292 g/mol. The Morgan fingerprint density at radius 2 is 2.15 bits per heavy atom. The SMILES string of the molecule is COc1ccc(-c2csc(C3CCNCC3)n2)c(F)c1. The highest BCUT2D eigenvalue weighted by Crippen LogP contribution is 2.32. The summed E-state index contributed by atoms with van der Waals surface area (Å²) in [5.74, 6) is 0.753. The Morgan fingerprint density at radius 1 is 1.35 bits per heavy atom. The van der Waals surface area contributed by atoms with Crippen LogP contribution >= 0.6 is 11.3 Å². The van der Waals surface area contributed by atoms with Gasteiger partial charge in [-0.2, -0.15) is 0 Å². The molecule has 0 spiro atoms. The van der Waals surface area contributed by atoms with Gasteiger partial charge in [-0.05, 0) is 38.1 Å². The third-order valence-electron chi connectivity index (χ3n) is 3.66. The zero-order valence-electron chi connectivity index (χ0n) is 11.4. The van der Waals surface area contributed by atoms with Crippen molar-refractivity contribution >= 4 is 11.3 Å². The summed E-state index contributed by atoms with van der Waals surface area (Å²) in [5.41, 5.74) is 1.27. The standard InChI is InChI=1S/C15H17FN2OS/c1-19-11-2-3-12(13(16)8-11)14-9-20-15(18-14)10-4-6-17-7-5-10/h2-3,8-10,17H,4-7H2,1H3.